The Hall–Kier alpha value is -1.35. The van der Waals surface area contributed by atoms with Gasteiger partial charge in [0.2, 0.25) is 5.28 Å². The first-order valence-electron chi connectivity index (χ1n) is 6.87. The van der Waals surface area contributed by atoms with Crippen molar-refractivity contribution in [3.05, 3.63) is 29.5 Å². The Bertz CT molecular complexity index is 615. The molecule has 2 rings (SSSR count). The number of anilines is 1. The van der Waals surface area contributed by atoms with Crippen LogP contribution < -0.4 is 5.32 Å². The summed E-state index contributed by atoms with van der Waals surface area (Å²) in [6.07, 6.45) is 1.02. The van der Waals surface area contributed by atoms with E-state index in [2.05, 4.69) is 49.9 Å². The monoisotopic (exact) mass is 291 g/mol. The van der Waals surface area contributed by atoms with Crippen LogP contribution in [0.1, 0.15) is 41.0 Å². The Labute approximate surface area is 125 Å². The number of nitrogens with zero attached hydrogens (tertiary/aromatic N) is 2. The molecule has 2 aromatic rings. The highest BCUT2D eigenvalue weighted by atomic mass is 35.5. The normalized spacial score (nSPS) is 12.7. The fraction of sp³-hybridized carbons (Fsp3) is 0.500. The van der Waals surface area contributed by atoms with Crippen molar-refractivity contribution in [1.29, 1.82) is 0 Å². The maximum Gasteiger partial charge on any atom is 0.224 e. The molecule has 0 amide bonds. The van der Waals surface area contributed by atoms with Crippen LogP contribution in [-0.2, 0) is 0 Å². The summed E-state index contributed by atoms with van der Waals surface area (Å²) in [7, 11) is 0. The molecule has 20 heavy (non-hydrogen) atoms. The van der Waals surface area contributed by atoms with Gasteiger partial charge in [-0.15, -0.1) is 0 Å². The minimum Gasteiger partial charge on any atom is -0.365 e. The number of hydrogen-bond acceptors (Lipinski definition) is 3. The molecular formula is C16H22ClN3. The Morgan fingerprint density at radius 2 is 1.70 bits per heavy atom. The van der Waals surface area contributed by atoms with Gasteiger partial charge in [-0.3, -0.25) is 0 Å². The standard InChI is InChI=1S/C16H22ClN3/c1-15(2,3)10-16(4,5)20-13-11-8-6-7-9-12(11)18-14(17)19-13/h6-9H,10H2,1-5H3,(H,18,19,20). The largest absolute Gasteiger partial charge is 0.365 e. The first kappa shape index (κ1) is 15.0. The molecule has 0 saturated heterocycles. The van der Waals surface area contributed by atoms with Crippen LogP contribution in [0.3, 0.4) is 0 Å². The number of halogens is 1. The van der Waals surface area contributed by atoms with Crippen LogP contribution in [0, 0.1) is 5.41 Å². The van der Waals surface area contributed by atoms with Crippen molar-refractivity contribution in [3.63, 3.8) is 0 Å². The van der Waals surface area contributed by atoms with E-state index < -0.39 is 0 Å². The highest BCUT2D eigenvalue weighted by molar-refractivity contribution is 6.28. The molecule has 1 heterocycles. The Morgan fingerprint density at radius 3 is 2.35 bits per heavy atom. The zero-order valence-electron chi connectivity index (χ0n) is 12.8. The number of fused-ring (bicyclic) bond motifs is 1. The lowest BCUT2D eigenvalue weighted by Crippen LogP contribution is -2.35. The molecule has 0 aliphatic heterocycles. The van der Waals surface area contributed by atoms with Crippen LogP contribution >= 0.6 is 11.6 Å². The molecule has 0 spiro atoms. The highest BCUT2D eigenvalue weighted by Crippen LogP contribution is 2.31. The average molecular weight is 292 g/mol. The van der Waals surface area contributed by atoms with Gasteiger partial charge in [0.15, 0.2) is 0 Å². The number of hydrogen-bond donors (Lipinski definition) is 1. The van der Waals surface area contributed by atoms with E-state index in [0.29, 0.717) is 0 Å². The van der Waals surface area contributed by atoms with Crippen LogP contribution in [0.15, 0.2) is 24.3 Å². The van der Waals surface area contributed by atoms with Crippen molar-refractivity contribution >= 4 is 28.3 Å². The second kappa shape index (κ2) is 5.21. The molecule has 1 N–H and O–H groups in total. The first-order chi connectivity index (χ1) is 9.16. The molecule has 0 aliphatic rings. The van der Waals surface area contributed by atoms with E-state index >= 15 is 0 Å². The van der Waals surface area contributed by atoms with Crippen molar-refractivity contribution in [2.24, 2.45) is 5.41 Å². The van der Waals surface area contributed by atoms with Gasteiger partial charge in [-0.25, -0.2) is 9.97 Å². The van der Waals surface area contributed by atoms with Crippen LogP contribution in [0.5, 0.6) is 0 Å². The molecule has 0 radical (unpaired) electrons. The van der Waals surface area contributed by atoms with Crippen LogP contribution in [0.2, 0.25) is 5.28 Å². The number of aromatic nitrogens is 2. The molecule has 0 unspecified atom stereocenters. The predicted octanol–water partition coefficient (Wildman–Crippen LogP) is 4.91. The zero-order chi connectivity index (χ0) is 15.0. The number of rotatable bonds is 3. The van der Waals surface area contributed by atoms with Gasteiger partial charge in [0.05, 0.1) is 5.52 Å². The summed E-state index contributed by atoms with van der Waals surface area (Å²) >= 11 is 6.02. The zero-order valence-corrected chi connectivity index (χ0v) is 13.5. The van der Waals surface area contributed by atoms with E-state index in [0.717, 1.165) is 23.1 Å². The molecule has 3 nitrogen and oxygen atoms in total. The third-order valence-electron chi connectivity index (χ3n) is 3.01. The van der Waals surface area contributed by atoms with Gasteiger partial charge in [-0.1, -0.05) is 32.9 Å². The fourth-order valence-corrected chi connectivity index (χ4v) is 3.01. The quantitative estimate of drug-likeness (QED) is 0.817. The summed E-state index contributed by atoms with van der Waals surface area (Å²) in [5.74, 6) is 0.801. The molecule has 0 bridgehead atoms. The van der Waals surface area contributed by atoms with Crippen LogP contribution in [0.25, 0.3) is 10.9 Å². The van der Waals surface area contributed by atoms with E-state index in [9.17, 15) is 0 Å². The van der Waals surface area contributed by atoms with Gasteiger partial charge in [0, 0.05) is 10.9 Å². The lowest BCUT2D eigenvalue weighted by atomic mass is 9.82. The molecule has 0 saturated carbocycles. The van der Waals surface area contributed by atoms with Crippen LogP contribution in [0.4, 0.5) is 5.82 Å². The third-order valence-corrected chi connectivity index (χ3v) is 3.17. The second-order valence-electron chi connectivity index (χ2n) is 7.10. The molecule has 108 valence electrons. The summed E-state index contributed by atoms with van der Waals surface area (Å²) in [4.78, 5) is 8.61. The Balaban J connectivity index is 2.38. The van der Waals surface area contributed by atoms with E-state index in [1.54, 1.807) is 0 Å². The molecule has 0 fully saturated rings. The van der Waals surface area contributed by atoms with Gasteiger partial charge in [-0.05, 0) is 49.4 Å². The average Bonchev–Trinajstić information content (AvgIpc) is 2.24. The number of benzene rings is 1. The minimum atomic E-state index is -0.0707. The number of para-hydroxylation sites is 1. The Kier molecular flexibility index (Phi) is 3.92. The Morgan fingerprint density at radius 1 is 1.05 bits per heavy atom. The lowest BCUT2D eigenvalue weighted by Gasteiger charge is -2.34. The van der Waals surface area contributed by atoms with E-state index in [4.69, 9.17) is 11.6 Å². The summed E-state index contributed by atoms with van der Waals surface area (Å²) in [6, 6.07) is 7.91. The van der Waals surface area contributed by atoms with E-state index in [1.165, 1.54) is 0 Å². The van der Waals surface area contributed by atoms with Gasteiger partial charge < -0.3 is 5.32 Å². The summed E-state index contributed by atoms with van der Waals surface area (Å²) in [5, 5.41) is 4.80. The van der Waals surface area contributed by atoms with E-state index in [-0.39, 0.29) is 16.2 Å². The smallest absolute Gasteiger partial charge is 0.224 e. The van der Waals surface area contributed by atoms with Gasteiger partial charge in [0.1, 0.15) is 5.82 Å². The summed E-state index contributed by atoms with van der Waals surface area (Å²) < 4.78 is 0. The molecule has 4 heteroatoms. The number of nitrogens with one attached hydrogen (secondary N) is 1. The topological polar surface area (TPSA) is 37.8 Å². The predicted molar refractivity (Wildman–Crippen MR) is 86.3 cm³/mol. The van der Waals surface area contributed by atoms with Crippen molar-refractivity contribution in [2.75, 3.05) is 5.32 Å². The molecule has 0 atom stereocenters. The van der Waals surface area contributed by atoms with Crippen LogP contribution in [-0.4, -0.2) is 15.5 Å². The summed E-state index contributed by atoms with van der Waals surface area (Å²) in [5.41, 5.74) is 1.03. The maximum atomic E-state index is 6.02. The molecule has 0 aliphatic carbocycles. The second-order valence-corrected chi connectivity index (χ2v) is 7.44. The lowest BCUT2D eigenvalue weighted by molar-refractivity contribution is 0.302. The van der Waals surface area contributed by atoms with Crippen molar-refractivity contribution < 1.29 is 0 Å². The SMILES string of the molecule is CC(C)(C)CC(C)(C)Nc1nc(Cl)nc2ccccc12. The first-order valence-corrected chi connectivity index (χ1v) is 7.25. The molecular weight excluding hydrogens is 270 g/mol. The van der Waals surface area contributed by atoms with Gasteiger partial charge in [0.25, 0.3) is 0 Å². The van der Waals surface area contributed by atoms with E-state index in [1.807, 2.05) is 24.3 Å². The van der Waals surface area contributed by atoms with Crippen molar-refractivity contribution in [2.45, 2.75) is 46.6 Å². The van der Waals surface area contributed by atoms with Crippen molar-refractivity contribution in [3.8, 4) is 0 Å². The maximum absolute atomic E-state index is 6.02. The fourth-order valence-electron chi connectivity index (χ4n) is 2.83. The molecule has 1 aromatic carbocycles. The minimum absolute atomic E-state index is 0.0707. The summed E-state index contributed by atoms with van der Waals surface area (Å²) in [6.45, 7) is 11.1. The van der Waals surface area contributed by atoms with Gasteiger partial charge >= 0.3 is 0 Å². The van der Waals surface area contributed by atoms with Gasteiger partial charge in [-0.2, -0.15) is 0 Å². The molecule has 1 aromatic heterocycles. The van der Waals surface area contributed by atoms with Crippen molar-refractivity contribution in [1.82, 2.24) is 9.97 Å². The highest BCUT2D eigenvalue weighted by Gasteiger charge is 2.26. The third kappa shape index (κ3) is 3.83.